The van der Waals surface area contributed by atoms with Gasteiger partial charge in [0, 0.05) is 13.1 Å². The predicted molar refractivity (Wildman–Crippen MR) is 64.6 cm³/mol. The van der Waals surface area contributed by atoms with Crippen LogP contribution in [-0.2, 0) is 0 Å². The second-order valence-electron chi connectivity index (χ2n) is 4.29. The van der Waals surface area contributed by atoms with Crippen LogP contribution >= 0.6 is 0 Å². The lowest BCUT2D eigenvalue weighted by molar-refractivity contribution is 0.132. The van der Waals surface area contributed by atoms with Crippen molar-refractivity contribution >= 4 is 6.09 Å². The van der Waals surface area contributed by atoms with Gasteiger partial charge in [0.25, 0.3) is 0 Å². The highest BCUT2D eigenvalue weighted by Crippen LogP contribution is 2.33. The van der Waals surface area contributed by atoms with E-state index in [1.54, 1.807) is 7.11 Å². The summed E-state index contributed by atoms with van der Waals surface area (Å²) in [4.78, 5) is 12.3. The first-order chi connectivity index (χ1) is 8.22. The van der Waals surface area contributed by atoms with E-state index in [9.17, 15) is 4.79 Å². The van der Waals surface area contributed by atoms with Crippen LogP contribution in [-0.4, -0.2) is 36.3 Å². The molecule has 0 spiro atoms. The molecule has 1 aromatic rings. The number of hydrogen-bond donors (Lipinski definition) is 1. The second kappa shape index (κ2) is 5.08. The van der Waals surface area contributed by atoms with Gasteiger partial charge in [-0.25, -0.2) is 4.79 Å². The van der Waals surface area contributed by atoms with Crippen LogP contribution in [0.4, 0.5) is 4.79 Å². The zero-order chi connectivity index (χ0) is 12.3. The number of rotatable bonds is 2. The van der Waals surface area contributed by atoms with Crippen molar-refractivity contribution < 1.29 is 14.6 Å². The summed E-state index contributed by atoms with van der Waals surface area (Å²) >= 11 is 0. The lowest BCUT2D eigenvalue weighted by Gasteiger charge is -2.30. The Morgan fingerprint density at radius 2 is 2.00 bits per heavy atom. The molecule has 0 atom stereocenters. The molecule has 2 rings (SSSR count). The summed E-state index contributed by atoms with van der Waals surface area (Å²) in [7, 11) is 1.67. The fourth-order valence-electron chi connectivity index (χ4n) is 2.39. The third-order valence-electron chi connectivity index (χ3n) is 3.34. The Balaban J connectivity index is 2.07. The highest BCUT2D eigenvalue weighted by molar-refractivity contribution is 5.65. The molecular weight excluding hydrogens is 218 g/mol. The van der Waals surface area contributed by atoms with Gasteiger partial charge >= 0.3 is 6.09 Å². The van der Waals surface area contributed by atoms with E-state index in [1.165, 1.54) is 10.5 Å². The number of carboxylic acid groups (broad SMARTS) is 1. The normalized spacial score (nSPS) is 16.9. The van der Waals surface area contributed by atoms with Gasteiger partial charge < -0.3 is 14.7 Å². The van der Waals surface area contributed by atoms with Crippen molar-refractivity contribution in [2.75, 3.05) is 20.2 Å². The second-order valence-corrected chi connectivity index (χ2v) is 4.29. The molecular formula is C13H17NO3. The maximum absolute atomic E-state index is 10.8. The lowest BCUT2D eigenvalue weighted by Crippen LogP contribution is -2.36. The maximum Gasteiger partial charge on any atom is 0.407 e. The molecule has 1 aliphatic rings. The van der Waals surface area contributed by atoms with E-state index in [-0.39, 0.29) is 0 Å². The molecule has 1 saturated heterocycles. The molecule has 0 saturated carbocycles. The van der Waals surface area contributed by atoms with E-state index in [1.807, 2.05) is 18.2 Å². The first-order valence-electron chi connectivity index (χ1n) is 5.83. The molecule has 1 amide bonds. The van der Waals surface area contributed by atoms with Crippen molar-refractivity contribution in [2.24, 2.45) is 0 Å². The molecule has 0 aromatic heterocycles. The first-order valence-corrected chi connectivity index (χ1v) is 5.83. The van der Waals surface area contributed by atoms with Gasteiger partial charge in [-0.1, -0.05) is 18.2 Å². The topological polar surface area (TPSA) is 49.8 Å². The summed E-state index contributed by atoms with van der Waals surface area (Å²) < 4.78 is 5.34. The van der Waals surface area contributed by atoms with Gasteiger partial charge in [-0.05, 0) is 30.4 Å². The van der Waals surface area contributed by atoms with Crippen LogP contribution in [0, 0.1) is 0 Å². The minimum absolute atomic E-state index is 0.404. The standard InChI is InChI=1S/C13H17NO3/c1-17-12-5-3-2-4-11(12)10-6-8-14(9-7-10)13(15)16/h2-5,10H,6-9H2,1H3,(H,15,16). The van der Waals surface area contributed by atoms with Crippen molar-refractivity contribution in [3.8, 4) is 5.75 Å². The molecule has 0 bridgehead atoms. The number of nitrogens with zero attached hydrogens (tertiary/aromatic N) is 1. The molecule has 1 aliphatic heterocycles. The molecule has 4 heteroatoms. The van der Waals surface area contributed by atoms with Crippen molar-refractivity contribution in [1.29, 1.82) is 0 Å². The summed E-state index contributed by atoms with van der Waals surface area (Å²) in [6.07, 6.45) is 0.919. The van der Waals surface area contributed by atoms with Gasteiger partial charge in [0.1, 0.15) is 5.75 Å². The monoisotopic (exact) mass is 235 g/mol. The summed E-state index contributed by atoms with van der Waals surface area (Å²) in [5.74, 6) is 1.31. The summed E-state index contributed by atoms with van der Waals surface area (Å²) in [6, 6.07) is 7.98. The van der Waals surface area contributed by atoms with Gasteiger partial charge in [0.05, 0.1) is 7.11 Å². The highest BCUT2D eigenvalue weighted by Gasteiger charge is 2.24. The van der Waals surface area contributed by atoms with Crippen molar-refractivity contribution in [1.82, 2.24) is 4.90 Å². The van der Waals surface area contributed by atoms with Crippen LogP contribution in [0.25, 0.3) is 0 Å². The van der Waals surface area contributed by atoms with Crippen LogP contribution in [0.15, 0.2) is 24.3 Å². The minimum Gasteiger partial charge on any atom is -0.496 e. The molecule has 0 unspecified atom stereocenters. The zero-order valence-electron chi connectivity index (χ0n) is 9.93. The smallest absolute Gasteiger partial charge is 0.407 e. The molecule has 1 N–H and O–H groups in total. The fraction of sp³-hybridized carbons (Fsp3) is 0.462. The largest absolute Gasteiger partial charge is 0.496 e. The van der Waals surface area contributed by atoms with Crippen molar-refractivity contribution in [3.05, 3.63) is 29.8 Å². The third kappa shape index (κ3) is 2.52. The predicted octanol–water partition coefficient (Wildman–Crippen LogP) is 2.55. The van der Waals surface area contributed by atoms with E-state index in [4.69, 9.17) is 9.84 Å². The van der Waals surface area contributed by atoms with E-state index in [0.717, 1.165) is 18.6 Å². The first kappa shape index (κ1) is 11.8. The number of amides is 1. The Bertz CT molecular complexity index is 397. The Morgan fingerprint density at radius 1 is 1.35 bits per heavy atom. The molecule has 1 fully saturated rings. The molecule has 92 valence electrons. The van der Waals surface area contributed by atoms with Crippen LogP contribution < -0.4 is 4.74 Å². The van der Waals surface area contributed by atoms with Gasteiger partial charge in [-0.15, -0.1) is 0 Å². The summed E-state index contributed by atoms with van der Waals surface area (Å²) in [6.45, 7) is 1.22. The number of carbonyl (C=O) groups is 1. The SMILES string of the molecule is COc1ccccc1C1CCN(C(=O)O)CC1. The van der Waals surface area contributed by atoms with Crippen LogP contribution in [0.5, 0.6) is 5.75 Å². The number of ether oxygens (including phenoxy) is 1. The van der Waals surface area contributed by atoms with Gasteiger partial charge in [-0.2, -0.15) is 0 Å². The molecule has 1 heterocycles. The van der Waals surface area contributed by atoms with Gasteiger partial charge in [-0.3, -0.25) is 0 Å². The number of likely N-dealkylation sites (tertiary alicyclic amines) is 1. The highest BCUT2D eigenvalue weighted by atomic mass is 16.5. The van der Waals surface area contributed by atoms with Crippen molar-refractivity contribution in [2.45, 2.75) is 18.8 Å². The quantitative estimate of drug-likeness (QED) is 0.857. The van der Waals surface area contributed by atoms with Crippen LogP contribution in [0.1, 0.15) is 24.3 Å². The average molecular weight is 235 g/mol. The Kier molecular flexibility index (Phi) is 3.52. The third-order valence-corrected chi connectivity index (χ3v) is 3.34. The number of hydrogen-bond acceptors (Lipinski definition) is 2. The molecule has 0 aliphatic carbocycles. The van der Waals surface area contributed by atoms with E-state index in [2.05, 4.69) is 6.07 Å². The van der Waals surface area contributed by atoms with Gasteiger partial charge in [0.2, 0.25) is 0 Å². The van der Waals surface area contributed by atoms with Crippen LogP contribution in [0.3, 0.4) is 0 Å². The summed E-state index contributed by atoms with van der Waals surface area (Å²) in [5, 5.41) is 8.90. The van der Waals surface area contributed by atoms with E-state index in [0.29, 0.717) is 19.0 Å². The fourth-order valence-corrected chi connectivity index (χ4v) is 2.39. The number of para-hydroxylation sites is 1. The number of methoxy groups -OCH3 is 1. The van der Waals surface area contributed by atoms with E-state index < -0.39 is 6.09 Å². The maximum atomic E-state index is 10.8. The average Bonchev–Trinajstić information content (AvgIpc) is 2.39. The van der Waals surface area contributed by atoms with Gasteiger partial charge in [0.15, 0.2) is 0 Å². The Labute approximate surface area is 101 Å². The lowest BCUT2D eigenvalue weighted by atomic mass is 9.89. The minimum atomic E-state index is -0.816. The summed E-state index contributed by atoms with van der Waals surface area (Å²) in [5.41, 5.74) is 1.19. The molecule has 4 nitrogen and oxygen atoms in total. The number of piperidine rings is 1. The Hall–Kier alpha value is -1.71. The van der Waals surface area contributed by atoms with Crippen LogP contribution in [0.2, 0.25) is 0 Å². The molecule has 0 radical (unpaired) electrons. The molecule has 17 heavy (non-hydrogen) atoms. The van der Waals surface area contributed by atoms with E-state index >= 15 is 0 Å². The molecule has 1 aromatic carbocycles. The number of benzene rings is 1. The van der Waals surface area contributed by atoms with Crippen molar-refractivity contribution in [3.63, 3.8) is 0 Å². The zero-order valence-corrected chi connectivity index (χ0v) is 9.93. The Morgan fingerprint density at radius 3 is 2.59 bits per heavy atom.